The van der Waals surface area contributed by atoms with Crippen molar-refractivity contribution in [1.29, 1.82) is 0 Å². The summed E-state index contributed by atoms with van der Waals surface area (Å²) < 4.78 is 5.63. The smallest absolute Gasteiger partial charge is 0.0712 e. The van der Waals surface area contributed by atoms with Crippen LogP contribution < -0.4 is 10.6 Å². The van der Waals surface area contributed by atoms with Crippen molar-refractivity contribution in [3.05, 3.63) is 35.9 Å². The van der Waals surface area contributed by atoms with E-state index in [1.165, 1.54) is 5.56 Å². The van der Waals surface area contributed by atoms with Gasteiger partial charge in [-0.25, -0.2) is 0 Å². The van der Waals surface area contributed by atoms with Crippen molar-refractivity contribution >= 4 is 0 Å². The van der Waals surface area contributed by atoms with Crippen molar-refractivity contribution in [2.75, 3.05) is 26.2 Å². The molecule has 1 heterocycles. The van der Waals surface area contributed by atoms with E-state index < -0.39 is 0 Å². The summed E-state index contributed by atoms with van der Waals surface area (Å²) in [6.07, 6.45) is 1.47. The molecular weight excluding hydrogens is 200 g/mol. The average Bonchev–Trinajstić information content (AvgIpc) is 2.37. The maximum absolute atomic E-state index is 5.63. The standard InChI is InChI=1S/C13H20N2O/c1-2-4-12(5-3-1)10-14-7-6-13-11-15-8-9-16-13/h1-5,13-15H,6-11H2. The fourth-order valence-electron chi connectivity index (χ4n) is 1.90. The van der Waals surface area contributed by atoms with Crippen LogP contribution in [0, 0.1) is 0 Å². The zero-order valence-electron chi connectivity index (χ0n) is 9.61. The normalized spacial score (nSPS) is 20.9. The molecule has 88 valence electrons. The van der Waals surface area contributed by atoms with Crippen LogP contribution in [0.1, 0.15) is 12.0 Å². The van der Waals surface area contributed by atoms with Gasteiger partial charge in [0.25, 0.3) is 0 Å². The Bertz CT molecular complexity index is 283. The largest absolute Gasteiger partial charge is 0.376 e. The van der Waals surface area contributed by atoms with Gasteiger partial charge in [0.15, 0.2) is 0 Å². The zero-order chi connectivity index (χ0) is 11.1. The van der Waals surface area contributed by atoms with Crippen LogP contribution in [0.5, 0.6) is 0 Å². The molecule has 3 nitrogen and oxygen atoms in total. The Balaban J connectivity index is 1.58. The lowest BCUT2D eigenvalue weighted by molar-refractivity contribution is 0.0238. The molecule has 1 atom stereocenters. The minimum atomic E-state index is 0.386. The summed E-state index contributed by atoms with van der Waals surface area (Å²) in [6, 6.07) is 10.5. The summed E-state index contributed by atoms with van der Waals surface area (Å²) in [5.74, 6) is 0. The Morgan fingerprint density at radius 3 is 2.94 bits per heavy atom. The summed E-state index contributed by atoms with van der Waals surface area (Å²) in [4.78, 5) is 0. The van der Waals surface area contributed by atoms with Crippen LogP contribution >= 0.6 is 0 Å². The number of nitrogens with one attached hydrogen (secondary N) is 2. The van der Waals surface area contributed by atoms with Crippen LogP contribution in [0.3, 0.4) is 0 Å². The third kappa shape index (κ3) is 3.93. The quantitative estimate of drug-likeness (QED) is 0.730. The van der Waals surface area contributed by atoms with E-state index in [1.807, 2.05) is 6.07 Å². The predicted octanol–water partition coefficient (Wildman–Crippen LogP) is 1.15. The minimum Gasteiger partial charge on any atom is -0.376 e. The van der Waals surface area contributed by atoms with Crippen molar-refractivity contribution in [3.8, 4) is 0 Å². The molecule has 0 saturated carbocycles. The molecule has 1 saturated heterocycles. The molecule has 0 spiro atoms. The van der Waals surface area contributed by atoms with E-state index in [-0.39, 0.29) is 0 Å². The summed E-state index contributed by atoms with van der Waals surface area (Å²) in [5.41, 5.74) is 1.34. The monoisotopic (exact) mass is 220 g/mol. The third-order valence-electron chi connectivity index (χ3n) is 2.82. The van der Waals surface area contributed by atoms with E-state index in [0.29, 0.717) is 6.10 Å². The molecule has 1 aliphatic heterocycles. The topological polar surface area (TPSA) is 33.3 Å². The van der Waals surface area contributed by atoms with Crippen molar-refractivity contribution in [2.24, 2.45) is 0 Å². The molecule has 0 aromatic heterocycles. The summed E-state index contributed by atoms with van der Waals surface area (Å²) in [7, 11) is 0. The van der Waals surface area contributed by atoms with Gasteiger partial charge in [-0.05, 0) is 18.5 Å². The van der Waals surface area contributed by atoms with Gasteiger partial charge in [0, 0.05) is 19.6 Å². The second kappa shape index (κ2) is 6.63. The summed E-state index contributed by atoms with van der Waals surface area (Å²) in [5, 5.41) is 6.78. The Hall–Kier alpha value is -0.900. The molecule has 1 aliphatic rings. The highest BCUT2D eigenvalue weighted by Crippen LogP contribution is 2.01. The first-order chi connectivity index (χ1) is 7.95. The van der Waals surface area contributed by atoms with Gasteiger partial charge in [-0.15, -0.1) is 0 Å². The second-order valence-electron chi connectivity index (χ2n) is 4.15. The molecule has 1 aromatic rings. The Labute approximate surface area is 97.2 Å². The highest BCUT2D eigenvalue weighted by molar-refractivity contribution is 5.14. The molecule has 1 aromatic carbocycles. The number of rotatable bonds is 5. The van der Waals surface area contributed by atoms with Crippen LogP contribution in [-0.2, 0) is 11.3 Å². The molecule has 0 amide bonds. The molecule has 2 rings (SSSR count). The summed E-state index contributed by atoms with van der Waals surface area (Å²) in [6.45, 7) is 4.80. The number of benzene rings is 1. The first-order valence-electron chi connectivity index (χ1n) is 6.02. The van der Waals surface area contributed by atoms with Gasteiger partial charge >= 0.3 is 0 Å². The molecule has 1 fully saturated rings. The number of ether oxygens (including phenoxy) is 1. The maximum Gasteiger partial charge on any atom is 0.0712 e. The Morgan fingerprint density at radius 2 is 2.19 bits per heavy atom. The maximum atomic E-state index is 5.63. The molecule has 16 heavy (non-hydrogen) atoms. The van der Waals surface area contributed by atoms with E-state index in [2.05, 4.69) is 34.9 Å². The van der Waals surface area contributed by atoms with Crippen LogP contribution in [0.25, 0.3) is 0 Å². The SMILES string of the molecule is c1ccc(CNCCC2CNCCO2)cc1. The molecule has 1 unspecified atom stereocenters. The van der Waals surface area contributed by atoms with Gasteiger partial charge in [-0.2, -0.15) is 0 Å². The first-order valence-corrected chi connectivity index (χ1v) is 6.02. The van der Waals surface area contributed by atoms with Crippen molar-refractivity contribution in [2.45, 2.75) is 19.1 Å². The Kier molecular flexibility index (Phi) is 4.80. The lowest BCUT2D eigenvalue weighted by Gasteiger charge is -2.23. The highest BCUT2D eigenvalue weighted by Gasteiger charge is 2.11. The van der Waals surface area contributed by atoms with E-state index >= 15 is 0 Å². The number of hydrogen-bond donors (Lipinski definition) is 2. The van der Waals surface area contributed by atoms with Crippen molar-refractivity contribution < 1.29 is 4.74 Å². The van der Waals surface area contributed by atoms with E-state index in [9.17, 15) is 0 Å². The van der Waals surface area contributed by atoms with E-state index in [0.717, 1.165) is 39.2 Å². The molecule has 0 bridgehead atoms. The predicted molar refractivity (Wildman–Crippen MR) is 65.4 cm³/mol. The van der Waals surface area contributed by atoms with Gasteiger partial charge < -0.3 is 15.4 Å². The molecular formula is C13H20N2O. The van der Waals surface area contributed by atoms with Crippen LogP contribution in [-0.4, -0.2) is 32.3 Å². The Morgan fingerprint density at radius 1 is 1.31 bits per heavy atom. The van der Waals surface area contributed by atoms with Gasteiger partial charge in [0.1, 0.15) is 0 Å². The third-order valence-corrected chi connectivity index (χ3v) is 2.82. The molecule has 0 aliphatic carbocycles. The molecule has 0 radical (unpaired) electrons. The molecule has 2 N–H and O–H groups in total. The van der Waals surface area contributed by atoms with Crippen molar-refractivity contribution in [3.63, 3.8) is 0 Å². The number of hydrogen-bond acceptors (Lipinski definition) is 3. The summed E-state index contributed by atoms with van der Waals surface area (Å²) >= 11 is 0. The average molecular weight is 220 g/mol. The van der Waals surface area contributed by atoms with Crippen LogP contribution in [0.2, 0.25) is 0 Å². The molecule has 3 heteroatoms. The lowest BCUT2D eigenvalue weighted by Crippen LogP contribution is -2.39. The van der Waals surface area contributed by atoms with Crippen LogP contribution in [0.4, 0.5) is 0 Å². The lowest BCUT2D eigenvalue weighted by atomic mass is 10.2. The zero-order valence-corrected chi connectivity index (χ0v) is 9.61. The first kappa shape index (κ1) is 11.6. The van der Waals surface area contributed by atoms with Crippen LogP contribution in [0.15, 0.2) is 30.3 Å². The van der Waals surface area contributed by atoms with Gasteiger partial charge in [0.2, 0.25) is 0 Å². The highest BCUT2D eigenvalue weighted by atomic mass is 16.5. The minimum absolute atomic E-state index is 0.386. The van der Waals surface area contributed by atoms with E-state index in [1.54, 1.807) is 0 Å². The number of morpholine rings is 1. The van der Waals surface area contributed by atoms with Crippen molar-refractivity contribution in [1.82, 2.24) is 10.6 Å². The van der Waals surface area contributed by atoms with Gasteiger partial charge in [-0.3, -0.25) is 0 Å². The van der Waals surface area contributed by atoms with Gasteiger partial charge in [-0.1, -0.05) is 30.3 Å². The van der Waals surface area contributed by atoms with Gasteiger partial charge in [0.05, 0.1) is 12.7 Å². The fourth-order valence-corrected chi connectivity index (χ4v) is 1.90. The fraction of sp³-hybridized carbons (Fsp3) is 0.538. The second-order valence-corrected chi connectivity index (χ2v) is 4.15. The van der Waals surface area contributed by atoms with E-state index in [4.69, 9.17) is 4.74 Å².